The highest BCUT2D eigenvalue weighted by Crippen LogP contribution is 2.32. The zero-order valence-corrected chi connectivity index (χ0v) is 14.1. The third-order valence-corrected chi connectivity index (χ3v) is 3.97. The monoisotopic (exact) mass is 297 g/mol. The Balaban J connectivity index is 2.86. The summed E-state index contributed by atoms with van der Waals surface area (Å²) in [6.45, 7) is 10.6. The number of benzene rings is 1. The lowest BCUT2D eigenvalue weighted by atomic mass is 9.84. The van der Waals surface area contributed by atoms with Crippen LogP contribution in [0.3, 0.4) is 0 Å². The van der Waals surface area contributed by atoms with Crippen molar-refractivity contribution >= 4 is 11.6 Å². The summed E-state index contributed by atoms with van der Waals surface area (Å²) in [7, 11) is 1.75. The normalized spacial score (nSPS) is 15.1. The topological polar surface area (TPSA) is 21.3 Å². The smallest absolute Gasteiger partial charge is 0.0465 e. The first-order valence-corrected chi connectivity index (χ1v) is 7.71. The summed E-state index contributed by atoms with van der Waals surface area (Å²) in [5, 5.41) is 4.46. The highest BCUT2D eigenvalue weighted by molar-refractivity contribution is 6.31. The Hall–Kier alpha value is -0.570. The van der Waals surface area contributed by atoms with Gasteiger partial charge in [0.15, 0.2) is 0 Å². The average Bonchev–Trinajstić information content (AvgIpc) is 2.37. The van der Waals surface area contributed by atoms with Crippen LogP contribution in [0.1, 0.15) is 45.6 Å². The van der Waals surface area contributed by atoms with E-state index in [0.717, 1.165) is 24.6 Å². The van der Waals surface area contributed by atoms with Gasteiger partial charge in [0.05, 0.1) is 0 Å². The molecular formula is C17H28ClNO. The number of ether oxygens (including phenoxy) is 1. The van der Waals surface area contributed by atoms with Crippen molar-refractivity contribution in [3.63, 3.8) is 0 Å². The first kappa shape index (κ1) is 17.5. The summed E-state index contributed by atoms with van der Waals surface area (Å²) in [5.41, 5.74) is 1.34. The van der Waals surface area contributed by atoms with Gasteiger partial charge in [0.2, 0.25) is 0 Å². The van der Waals surface area contributed by atoms with Crippen molar-refractivity contribution in [1.29, 1.82) is 0 Å². The van der Waals surface area contributed by atoms with Gasteiger partial charge in [-0.1, -0.05) is 36.7 Å². The van der Waals surface area contributed by atoms with Gasteiger partial charge in [-0.2, -0.15) is 0 Å². The molecule has 1 N–H and O–H groups in total. The minimum absolute atomic E-state index is 0.112. The summed E-state index contributed by atoms with van der Waals surface area (Å²) in [6.07, 6.45) is 1.04. The fourth-order valence-electron chi connectivity index (χ4n) is 2.31. The van der Waals surface area contributed by atoms with Crippen molar-refractivity contribution in [3.05, 3.63) is 34.9 Å². The molecule has 0 radical (unpaired) electrons. The van der Waals surface area contributed by atoms with Gasteiger partial charge in [0.1, 0.15) is 0 Å². The quantitative estimate of drug-likeness (QED) is 0.801. The fraction of sp³-hybridized carbons (Fsp3) is 0.647. The molecule has 114 valence electrons. The Morgan fingerprint density at radius 1 is 1.25 bits per heavy atom. The molecule has 0 fully saturated rings. The maximum Gasteiger partial charge on any atom is 0.0465 e. The Bertz CT molecular complexity index is 400. The zero-order chi connectivity index (χ0) is 15.2. The molecule has 0 aromatic heterocycles. The van der Waals surface area contributed by atoms with Crippen LogP contribution in [-0.2, 0) is 4.74 Å². The second-order valence-electron chi connectivity index (χ2n) is 6.52. The van der Waals surface area contributed by atoms with Crippen LogP contribution in [0.15, 0.2) is 24.3 Å². The predicted molar refractivity (Wildman–Crippen MR) is 87.6 cm³/mol. The van der Waals surface area contributed by atoms with E-state index >= 15 is 0 Å². The van der Waals surface area contributed by atoms with Crippen LogP contribution < -0.4 is 5.32 Å². The summed E-state index contributed by atoms with van der Waals surface area (Å²) >= 11 is 6.39. The van der Waals surface area contributed by atoms with Crippen LogP contribution in [-0.4, -0.2) is 25.8 Å². The largest absolute Gasteiger partial charge is 0.385 e. The lowest BCUT2D eigenvalue weighted by Gasteiger charge is -2.30. The van der Waals surface area contributed by atoms with Gasteiger partial charge >= 0.3 is 0 Å². The van der Waals surface area contributed by atoms with Crippen molar-refractivity contribution in [3.8, 4) is 0 Å². The Labute approximate surface area is 128 Å². The third kappa shape index (κ3) is 5.82. The van der Waals surface area contributed by atoms with Gasteiger partial charge in [-0.3, -0.25) is 0 Å². The van der Waals surface area contributed by atoms with Crippen LogP contribution >= 0.6 is 11.6 Å². The van der Waals surface area contributed by atoms with Gasteiger partial charge < -0.3 is 10.1 Å². The molecule has 0 aliphatic rings. The molecule has 0 amide bonds. The van der Waals surface area contributed by atoms with E-state index in [-0.39, 0.29) is 5.54 Å². The van der Waals surface area contributed by atoms with E-state index < -0.39 is 0 Å². The van der Waals surface area contributed by atoms with Crippen molar-refractivity contribution in [2.75, 3.05) is 20.3 Å². The van der Waals surface area contributed by atoms with E-state index in [2.05, 4.69) is 45.1 Å². The Morgan fingerprint density at radius 2 is 1.90 bits per heavy atom. The van der Waals surface area contributed by atoms with Crippen molar-refractivity contribution in [2.45, 2.75) is 45.6 Å². The van der Waals surface area contributed by atoms with Crippen LogP contribution in [0.25, 0.3) is 0 Å². The van der Waals surface area contributed by atoms with E-state index in [0.29, 0.717) is 11.8 Å². The number of nitrogens with one attached hydrogen (secondary N) is 1. The molecule has 0 bridgehead atoms. The number of halogens is 1. The third-order valence-electron chi connectivity index (χ3n) is 3.62. The van der Waals surface area contributed by atoms with Crippen molar-refractivity contribution < 1.29 is 4.74 Å². The minimum Gasteiger partial charge on any atom is -0.385 e. The summed E-state index contributed by atoms with van der Waals surface area (Å²) in [4.78, 5) is 0. The molecule has 1 aromatic rings. The second-order valence-corrected chi connectivity index (χ2v) is 6.92. The van der Waals surface area contributed by atoms with Gasteiger partial charge in [0, 0.05) is 36.7 Å². The molecule has 0 spiro atoms. The maximum atomic E-state index is 6.39. The molecule has 3 heteroatoms. The standard InChI is InChI=1S/C17H28ClNO/c1-13(10-11-20-5)15(12-19-17(2,3)4)14-8-6-7-9-16(14)18/h6-9,13,15,19H,10-12H2,1-5H3. The average molecular weight is 298 g/mol. The van der Waals surface area contributed by atoms with Gasteiger partial charge in [-0.05, 0) is 44.7 Å². The van der Waals surface area contributed by atoms with Gasteiger partial charge in [0.25, 0.3) is 0 Å². The SMILES string of the molecule is COCCC(C)C(CNC(C)(C)C)c1ccccc1Cl. The molecule has 2 unspecified atom stereocenters. The second kappa shape index (κ2) is 8.02. The summed E-state index contributed by atoms with van der Waals surface area (Å²) < 4.78 is 5.22. The maximum absolute atomic E-state index is 6.39. The van der Waals surface area contributed by atoms with E-state index in [9.17, 15) is 0 Å². The summed E-state index contributed by atoms with van der Waals surface area (Å²) in [5.74, 6) is 0.919. The Morgan fingerprint density at radius 3 is 2.45 bits per heavy atom. The number of hydrogen-bond acceptors (Lipinski definition) is 2. The van der Waals surface area contributed by atoms with Crippen molar-refractivity contribution in [2.24, 2.45) is 5.92 Å². The van der Waals surface area contributed by atoms with Gasteiger partial charge in [-0.15, -0.1) is 0 Å². The molecule has 2 nitrogen and oxygen atoms in total. The minimum atomic E-state index is 0.112. The van der Waals surface area contributed by atoms with E-state index in [4.69, 9.17) is 16.3 Å². The molecule has 0 heterocycles. The molecule has 0 aliphatic heterocycles. The summed E-state index contributed by atoms with van der Waals surface area (Å²) in [6, 6.07) is 8.17. The highest BCUT2D eigenvalue weighted by Gasteiger charge is 2.23. The molecule has 1 rings (SSSR count). The first-order chi connectivity index (χ1) is 9.35. The van der Waals surface area contributed by atoms with Crippen LogP contribution in [0.4, 0.5) is 0 Å². The molecule has 2 atom stereocenters. The van der Waals surface area contributed by atoms with E-state index in [1.807, 2.05) is 12.1 Å². The molecule has 0 saturated heterocycles. The van der Waals surface area contributed by atoms with Crippen LogP contribution in [0, 0.1) is 5.92 Å². The molecule has 0 saturated carbocycles. The molecule has 1 aromatic carbocycles. The first-order valence-electron chi connectivity index (χ1n) is 7.33. The van der Waals surface area contributed by atoms with Crippen LogP contribution in [0.2, 0.25) is 5.02 Å². The molecule has 20 heavy (non-hydrogen) atoms. The van der Waals surface area contributed by atoms with Crippen LogP contribution in [0.5, 0.6) is 0 Å². The number of rotatable bonds is 7. The van der Waals surface area contributed by atoms with Gasteiger partial charge in [-0.25, -0.2) is 0 Å². The molecular weight excluding hydrogens is 270 g/mol. The lowest BCUT2D eigenvalue weighted by Crippen LogP contribution is -2.40. The highest BCUT2D eigenvalue weighted by atomic mass is 35.5. The fourth-order valence-corrected chi connectivity index (χ4v) is 2.59. The lowest BCUT2D eigenvalue weighted by molar-refractivity contribution is 0.172. The zero-order valence-electron chi connectivity index (χ0n) is 13.4. The predicted octanol–water partition coefficient (Wildman–Crippen LogP) is 4.48. The number of methoxy groups -OCH3 is 1. The van der Waals surface area contributed by atoms with E-state index in [1.54, 1.807) is 7.11 Å². The van der Waals surface area contributed by atoms with E-state index in [1.165, 1.54) is 5.56 Å². The Kier molecular flexibility index (Phi) is 7.01. The molecule has 0 aliphatic carbocycles. The number of hydrogen-bond donors (Lipinski definition) is 1. The van der Waals surface area contributed by atoms with Crippen molar-refractivity contribution in [1.82, 2.24) is 5.32 Å².